The van der Waals surface area contributed by atoms with Gasteiger partial charge in [0.1, 0.15) is 0 Å². The van der Waals surface area contributed by atoms with Crippen LogP contribution in [0.4, 0.5) is 0 Å². The molecule has 0 aromatic heterocycles. The molecule has 0 saturated heterocycles. The van der Waals surface area contributed by atoms with E-state index in [1.54, 1.807) is 12.1 Å². The average molecular weight is 226 g/mol. The Balaban J connectivity index is 3.08. The number of halogens is 3. The Kier molecular flexibility index (Phi) is 3.66. The van der Waals surface area contributed by atoms with Crippen molar-refractivity contribution in [3.05, 3.63) is 32.8 Å². The highest BCUT2D eigenvalue weighted by molar-refractivity contribution is 6.48. The topological polar surface area (TPSA) is 20.2 Å². The second-order valence-electron chi connectivity index (χ2n) is 2.31. The molecule has 0 aliphatic carbocycles. The van der Waals surface area contributed by atoms with E-state index in [1.807, 2.05) is 0 Å². The van der Waals surface area contributed by atoms with Crippen LogP contribution in [-0.4, -0.2) is 11.7 Å². The molecule has 0 amide bonds. The van der Waals surface area contributed by atoms with Gasteiger partial charge in [0.05, 0.1) is 15.1 Å². The fraction of sp³-hybridized carbons (Fsp3) is 0.250. The summed E-state index contributed by atoms with van der Waals surface area (Å²) in [5.74, 6) is 0. The Hall–Kier alpha value is 0.0500. The fourth-order valence-electron chi connectivity index (χ4n) is 0.879. The molecule has 1 N–H and O–H groups in total. The summed E-state index contributed by atoms with van der Waals surface area (Å²) >= 11 is 17.3. The number of aliphatic hydroxyl groups is 1. The van der Waals surface area contributed by atoms with Gasteiger partial charge in [-0.3, -0.25) is 0 Å². The van der Waals surface area contributed by atoms with Crippen LogP contribution in [0.5, 0.6) is 0 Å². The summed E-state index contributed by atoms with van der Waals surface area (Å²) in [6.45, 7) is 0.0533. The average Bonchev–Trinajstić information content (AvgIpc) is 2.07. The minimum absolute atomic E-state index is 0.0533. The molecule has 0 atom stereocenters. The Labute approximate surface area is 85.9 Å². The number of hydrogen-bond donors (Lipinski definition) is 1. The van der Waals surface area contributed by atoms with Crippen LogP contribution in [0.15, 0.2) is 12.1 Å². The molecule has 0 radical (unpaired) electrons. The van der Waals surface area contributed by atoms with Crippen molar-refractivity contribution in [3.8, 4) is 0 Å². The number of aliphatic hydroxyl groups excluding tert-OH is 1. The smallest absolute Gasteiger partial charge is 0.0781 e. The van der Waals surface area contributed by atoms with Gasteiger partial charge in [0.15, 0.2) is 0 Å². The van der Waals surface area contributed by atoms with E-state index in [-0.39, 0.29) is 6.61 Å². The van der Waals surface area contributed by atoms with Gasteiger partial charge in [-0.25, -0.2) is 0 Å². The van der Waals surface area contributed by atoms with Crippen molar-refractivity contribution in [2.45, 2.75) is 6.42 Å². The highest BCUT2D eigenvalue weighted by Gasteiger charge is 2.07. The summed E-state index contributed by atoms with van der Waals surface area (Å²) in [4.78, 5) is 0. The van der Waals surface area contributed by atoms with E-state index >= 15 is 0 Å². The molecule has 0 saturated carbocycles. The van der Waals surface area contributed by atoms with E-state index in [0.29, 0.717) is 21.5 Å². The summed E-state index contributed by atoms with van der Waals surface area (Å²) in [6.07, 6.45) is 0.496. The maximum Gasteiger partial charge on any atom is 0.0781 e. The zero-order valence-electron chi connectivity index (χ0n) is 6.15. The van der Waals surface area contributed by atoms with E-state index in [9.17, 15) is 0 Å². The molecule has 66 valence electrons. The predicted octanol–water partition coefficient (Wildman–Crippen LogP) is 3.18. The largest absolute Gasteiger partial charge is 0.396 e. The van der Waals surface area contributed by atoms with Gasteiger partial charge in [0.25, 0.3) is 0 Å². The molecule has 0 spiro atoms. The van der Waals surface area contributed by atoms with Gasteiger partial charge in [-0.2, -0.15) is 0 Å². The summed E-state index contributed by atoms with van der Waals surface area (Å²) in [6, 6.07) is 3.42. The van der Waals surface area contributed by atoms with Crippen molar-refractivity contribution in [2.24, 2.45) is 0 Å². The highest BCUT2D eigenvalue weighted by atomic mass is 35.5. The molecular formula is C8H7Cl3O. The van der Waals surface area contributed by atoms with Gasteiger partial charge in [-0.1, -0.05) is 40.9 Å². The van der Waals surface area contributed by atoms with Gasteiger partial charge >= 0.3 is 0 Å². The Morgan fingerprint density at radius 1 is 1.08 bits per heavy atom. The third-order valence-corrected chi connectivity index (χ3v) is 2.83. The van der Waals surface area contributed by atoms with Crippen molar-refractivity contribution in [3.63, 3.8) is 0 Å². The lowest BCUT2D eigenvalue weighted by atomic mass is 10.2. The molecule has 1 rings (SSSR count). The standard InChI is InChI=1S/C8H7Cl3O/c9-6-2-1-5(3-4-12)7(10)8(6)11/h1-2,12H,3-4H2. The summed E-state index contributed by atoms with van der Waals surface area (Å²) in [5, 5.41) is 9.88. The molecule has 1 aromatic carbocycles. The lowest BCUT2D eigenvalue weighted by Gasteiger charge is -2.04. The van der Waals surface area contributed by atoms with Gasteiger partial charge in [-0.15, -0.1) is 0 Å². The number of rotatable bonds is 2. The van der Waals surface area contributed by atoms with E-state index in [0.717, 1.165) is 5.56 Å². The number of benzene rings is 1. The Morgan fingerprint density at radius 2 is 1.75 bits per heavy atom. The van der Waals surface area contributed by atoms with Crippen LogP contribution in [0.2, 0.25) is 15.1 Å². The number of hydrogen-bond acceptors (Lipinski definition) is 1. The van der Waals surface area contributed by atoms with Crippen molar-refractivity contribution in [1.29, 1.82) is 0 Å². The van der Waals surface area contributed by atoms with E-state index in [1.165, 1.54) is 0 Å². The van der Waals surface area contributed by atoms with Crippen molar-refractivity contribution in [1.82, 2.24) is 0 Å². The molecule has 12 heavy (non-hydrogen) atoms. The Morgan fingerprint density at radius 3 is 2.33 bits per heavy atom. The molecule has 4 heteroatoms. The first-order valence-corrected chi connectivity index (χ1v) is 4.53. The molecule has 0 aliphatic rings. The second-order valence-corrected chi connectivity index (χ2v) is 3.47. The van der Waals surface area contributed by atoms with Gasteiger partial charge in [0.2, 0.25) is 0 Å². The maximum absolute atomic E-state index is 8.67. The molecule has 0 fully saturated rings. The molecule has 1 aromatic rings. The third kappa shape index (κ3) is 2.05. The first-order chi connectivity index (χ1) is 5.66. The van der Waals surface area contributed by atoms with Crippen molar-refractivity contribution < 1.29 is 5.11 Å². The Bertz CT molecular complexity index is 286. The monoisotopic (exact) mass is 224 g/mol. The maximum atomic E-state index is 8.67. The molecule has 0 bridgehead atoms. The zero-order chi connectivity index (χ0) is 9.14. The zero-order valence-corrected chi connectivity index (χ0v) is 8.42. The van der Waals surface area contributed by atoms with Crippen LogP contribution >= 0.6 is 34.8 Å². The van der Waals surface area contributed by atoms with Crippen molar-refractivity contribution in [2.75, 3.05) is 6.61 Å². The van der Waals surface area contributed by atoms with Crippen LogP contribution in [0.3, 0.4) is 0 Å². The van der Waals surface area contributed by atoms with E-state index in [4.69, 9.17) is 39.9 Å². The molecule has 1 nitrogen and oxygen atoms in total. The molecule has 0 heterocycles. The van der Waals surface area contributed by atoms with Crippen LogP contribution in [0.1, 0.15) is 5.56 Å². The van der Waals surface area contributed by atoms with Crippen LogP contribution < -0.4 is 0 Å². The molecule has 0 aliphatic heterocycles. The third-order valence-electron chi connectivity index (χ3n) is 1.50. The molecule has 0 unspecified atom stereocenters. The predicted molar refractivity (Wildman–Crippen MR) is 52.3 cm³/mol. The van der Waals surface area contributed by atoms with Crippen LogP contribution in [0.25, 0.3) is 0 Å². The van der Waals surface area contributed by atoms with Gasteiger partial charge in [-0.05, 0) is 18.1 Å². The molecular weight excluding hydrogens is 218 g/mol. The summed E-state index contributed by atoms with van der Waals surface area (Å²) < 4.78 is 0. The summed E-state index contributed by atoms with van der Waals surface area (Å²) in [5.41, 5.74) is 0.813. The van der Waals surface area contributed by atoms with E-state index < -0.39 is 0 Å². The lowest BCUT2D eigenvalue weighted by Crippen LogP contribution is -1.91. The van der Waals surface area contributed by atoms with Crippen LogP contribution in [0, 0.1) is 0 Å². The van der Waals surface area contributed by atoms with Crippen molar-refractivity contribution >= 4 is 34.8 Å². The first kappa shape index (κ1) is 10.1. The van der Waals surface area contributed by atoms with Crippen LogP contribution in [-0.2, 0) is 6.42 Å². The van der Waals surface area contributed by atoms with Gasteiger partial charge < -0.3 is 5.11 Å². The minimum Gasteiger partial charge on any atom is -0.396 e. The highest BCUT2D eigenvalue weighted by Crippen LogP contribution is 2.32. The minimum atomic E-state index is 0.0533. The normalized spacial score (nSPS) is 10.3. The second kappa shape index (κ2) is 4.33. The van der Waals surface area contributed by atoms with Gasteiger partial charge in [0, 0.05) is 6.61 Å². The SMILES string of the molecule is OCCc1ccc(Cl)c(Cl)c1Cl. The lowest BCUT2D eigenvalue weighted by molar-refractivity contribution is 0.299. The quantitative estimate of drug-likeness (QED) is 0.767. The first-order valence-electron chi connectivity index (χ1n) is 3.40. The fourth-order valence-corrected chi connectivity index (χ4v) is 1.53. The summed E-state index contributed by atoms with van der Waals surface area (Å²) in [7, 11) is 0. The van der Waals surface area contributed by atoms with E-state index in [2.05, 4.69) is 0 Å².